The number of para-hydroxylation sites is 1. The molecule has 1 heterocycles. The Morgan fingerprint density at radius 2 is 1.86 bits per heavy atom. The molecule has 1 saturated heterocycles. The molecule has 3 rings (SSSR count). The van der Waals surface area contributed by atoms with Crippen LogP contribution in [0.4, 0.5) is 0 Å². The van der Waals surface area contributed by atoms with Gasteiger partial charge in [-0.15, -0.1) is 0 Å². The van der Waals surface area contributed by atoms with E-state index >= 15 is 0 Å². The molecule has 1 fully saturated rings. The van der Waals surface area contributed by atoms with Gasteiger partial charge in [0.1, 0.15) is 11.4 Å². The molecule has 1 amide bonds. The van der Waals surface area contributed by atoms with E-state index in [0.29, 0.717) is 11.5 Å². The molecule has 1 N–H and O–H groups in total. The molecule has 4 heteroatoms. The highest BCUT2D eigenvalue weighted by molar-refractivity contribution is 5.94. The van der Waals surface area contributed by atoms with Gasteiger partial charge >= 0.3 is 0 Å². The molecule has 2 aromatic carbocycles. The number of carbonyl (C=O) groups is 1. The van der Waals surface area contributed by atoms with Crippen LogP contribution in [0.1, 0.15) is 54.1 Å². The van der Waals surface area contributed by atoms with E-state index in [1.54, 1.807) is 27.0 Å². The third kappa shape index (κ3) is 4.94. The number of carbonyl (C=O) groups excluding carboxylic acids is 1. The van der Waals surface area contributed by atoms with Crippen molar-refractivity contribution in [2.45, 2.75) is 38.2 Å². The predicted octanol–water partition coefficient (Wildman–Crippen LogP) is 3.84. The molecule has 0 saturated carbocycles. The lowest BCUT2D eigenvalue weighted by Crippen LogP contribution is -2.38. The molecule has 0 radical (unpaired) electrons. The Hall–Kier alpha value is -2.77. The fourth-order valence-electron chi connectivity index (χ4n) is 3.53. The normalized spacial score (nSPS) is 14.9. The van der Waals surface area contributed by atoms with Gasteiger partial charge in [-0.25, -0.2) is 0 Å². The molecule has 4 nitrogen and oxygen atoms in total. The zero-order chi connectivity index (χ0) is 20.1. The predicted molar refractivity (Wildman–Crippen MR) is 110 cm³/mol. The quantitative estimate of drug-likeness (QED) is 0.827. The van der Waals surface area contributed by atoms with Crippen molar-refractivity contribution in [2.75, 3.05) is 20.2 Å². The summed E-state index contributed by atoms with van der Waals surface area (Å²) in [7, 11) is 1.70. The molecule has 0 atom stereocenters. The maximum absolute atomic E-state index is 12.9. The van der Waals surface area contributed by atoms with Gasteiger partial charge in [0.25, 0.3) is 5.91 Å². The van der Waals surface area contributed by atoms with Crippen LogP contribution in [0.15, 0.2) is 48.5 Å². The van der Waals surface area contributed by atoms with Crippen molar-refractivity contribution in [2.24, 2.45) is 0 Å². The minimum absolute atomic E-state index is 0.0328. The number of aliphatic hydroxyl groups is 1. The number of rotatable bonds is 3. The first-order valence-corrected chi connectivity index (χ1v) is 9.65. The van der Waals surface area contributed by atoms with Crippen LogP contribution < -0.4 is 4.74 Å². The molecule has 1 aliphatic heterocycles. The molecule has 0 unspecified atom stereocenters. The van der Waals surface area contributed by atoms with Crippen molar-refractivity contribution >= 4 is 5.91 Å². The average molecular weight is 377 g/mol. The Labute approximate surface area is 167 Å². The van der Waals surface area contributed by atoms with Gasteiger partial charge in [-0.3, -0.25) is 4.79 Å². The minimum Gasteiger partial charge on any atom is -0.496 e. The van der Waals surface area contributed by atoms with Gasteiger partial charge < -0.3 is 14.7 Å². The van der Waals surface area contributed by atoms with Crippen LogP contribution >= 0.6 is 0 Å². The number of benzene rings is 2. The fourth-order valence-corrected chi connectivity index (χ4v) is 3.53. The molecule has 1 aliphatic rings. The third-order valence-corrected chi connectivity index (χ3v) is 4.98. The molecule has 0 aliphatic carbocycles. The Kier molecular flexibility index (Phi) is 6.06. The number of ether oxygens (including phenoxy) is 1. The number of hydrogen-bond acceptors (Lipinski definition) is 3. The van der Waals surface area contributed by atoms with E-state index in [1.165, 1.54) is 5.56 Å². The number of piperidine rings is 1. The van der Waals surface area contributed by atoms with Crippen LogP contribution in [0.2, 0.25) is 0 Å². The number of nitrogens with zero attached hydrogens (tertiary/aromatic N) is 1. The zero-order valence-corrected chi connectivity index (χ0v) is 16.7. The van der Waals surface area contributed by atoms with Crippen molar-refractivity contribution in [3.63, 3.8) is 0 Å². The third-order valence-electron chi connectivity index (χ3n) is 4.98. The van der Waals surface area contributed by atoms with Gasteiger partial charge in [0, 0.05) is 24.2 Å². The second-order valence-electron chi connectivity index (χ2n) is 7.70. The summed E-state index contributed by atoms with van der Waals surface area (Å²) in [5.41, 5.74) is 1.54. The topological polar surface area (TPSA) is 49.8 Å². The summed E-state index contributed by atoms with van der Waals surface area (Å²) in [4.78, 5) is 14.8. The highest BCUT2D eigenvalue weighted by Crippen LogP contribution is 2.34. The fraction of sp³-hybridized carbons (Fsp3) is 0.375. The van der Waals surface area contributed by atoms with Crippen LogP contribution in [0.3, 0.4) is 0 Å². The van der Waals surface area contributed by atoms with Crippen LogP contribution in [0, 0.1) is 11.8 Å². The van der Waals surface area contributed by atoms with Crippen molar-refractivity contribution in [1.29, 1.82) is 0 Å². The van der Waals surface area contributed by atoms with Gasteiger partial charge in [-0.1, -0.05) is 36.1 Å². The molecule has 0 spiro atoms. The van der Waals surface area contributed by atoms with Gasteiger partial charge in [0.15, 0.2) is 0 Å². The van der Waals surface area contributed by atoms with Crippen molar-refractivity contribution in [1.82, 2.24) is 4.90 Å². The summed E-state index contributed by atoms with van der Waals surface area (Å²) in [5, 5.41) is 9.76. The number of likely N-dealkylation sites (tertiary alicyclic amines) is 1. The molecular formula is C24H27NO3. The van der Waals surface area contributed by atoms with E-state index in [1.807, 2.05) is 41.3 Å². The van der Waals surface area contributed by atoms with E-state index in [2.05, 4.69) is 17.9 Å². The highest BCUT2D eigenvalue weighted by Gasteiger charge is 2.26. The molecular weight excluding hydrogens is 350 g/mol. The molecule has 0 aromatic heterocycles. The molecule has 28 heavy (non-hydrogen) atoms. The van der Waals surface area contributed by atoms with E-state index in [0.717, 1.165) is 37.2 Å². The van der Waals surface area contributed by atoms with E-state index < -0.39 is 5.60 Å². The first-order chi connectivity index (χ1) is 13.4. The second-order valence-corrected chi connectivity index (χ2v) is 7.70. The van der Waals surface area contributed by atoms with Crippen molar-refractivity contribution in [3.8, 4) is 17.6 Å². The lowest BCUT2D eigenvalue weighted by molar-refractivity contribution is 0.0712. The number of hydrogen-bond donors (Lipinski definition) is 1. The SMILES string of the molecule is COc1ccccc1C1CCN(C(=O)c2cccc(C#CC(C)(C)O)c2)CC1. The molecule has 146 valence electrons. The standard InChI is InChI=1S/C24H27NO3/c1-24(2,27)14-11-18-7-6-8-20(17-18)23(26)25-15-12-19(13-16-25)21-9-4-5-10-22(21)28-3/h4-10,17,19,27H,12-13,15-16H2,1-3H3. The largest absolute Gasteiger partial charge is 0.496 e. The highest BCUT2D eigenvalue weighted by atomic mass is 16.5. The molecule has 2 aromatic rings. The Morgan fingerprint density at radius 3 is 2.54 bits per heavy atom. The molecule has 0 bridgehead atoms. The van der Waals surface area contributed by atoms with E-state index in [9.17, 15) is 9.90 Å². The van der Waals surface area contributed by atoms with Crippen LogP contribution in [0.25, 0.3) is 0 Å². The Morgan fingerprint density at radius 1 is 1.14 bits per heavy atom. The minimum atomic E-state index is -1.06. The first kappa shape index (κ1) is 20.0. The van der Waals surface area contributed by atoms with Crippen LogP contribution in [-0.4, -0.2) is 41.7 Å². The monoisotopic (exact) mass is 377 g/mol. The van der Waals surface area contributed by atoms with Crippen LogP contribution in [-0.2, 0) is 0 Å². The van der Waals surface area contributed by atoms with Crippen molar-refractivity contribution < 1.29 is 14.6 Å². The smallest absolute Gasteiger partial charge is 0.253 e. The lowest BCUT2D eigenvalue weighted by Gasteiger charge is -2.32. The van der Waals surface area contributed by atoms with Gasteiger partial charge in [-0.2, -0.15) is 0 Å². The average Bonchev–Trinajstić information content (AvgIpc) is 2.71. The first-order valence-electron chi connectivity index (χ1n) is 9.65. The van der Waals surface area contributed by atoms with Gasteiger partial charge in [-0.05, 0) is 62.4 Å². The summed E-state index contributed by atoms with van der Waals surface area (Å²) in [6.45, 7) is 4.73. The summed E-state index contributed by atoms with van der Waals surface area (Å²) in [6.07, 6.45) is 1.84. The summed E-state index contributed by atoms with van der Waals surface area (Å²) < 4.78 is 5.49. The van der Waals surface area contributed by atoms with Gasteiger partial charge in [0.05, 0.1) is 7.11 Å². The summed E-state index contributed by atoms with van der Waals surface area (Å²) in [5.74, 6) is 7.09. The second kappa shape index (κ2) is 8.50. The maximum Gasteiger partial charge on any atom is 0.253 e. The lowest BCUT2D eigenvalue weighted by atomic mass is 9.88. The van der Waals surface area contributed by atoms with E-state index in [-0.39, 0.29) is 5.91 Å². The number of amides is 1. The van der Waals surface area contributed by atoms with Crippen molar-refractivity contribution in [3.05, 3.63) is 65.2 Å². The maximum atomic E-state index is 12.9. The number of methoxy groups -OCH3 is 1. The van der Waals surface area contributed by atoms with Crippen LogP contribution in [0.5, 0.6) is 5.75 Å². The summed E-state index contributed by atoms with van der Waals surface area (Å²) in [6, 6.07) is 15.4. The van der Waals surface area contributed by atoms with Gasteiger partial charge in [0.2, 0.25) is 0 Å². The Bertz CT molecular complexity index is 894. The zero-order valence-electron chi connectivity index (χ0n) is 16.7. The Balaban J connectivity index is 1.68. The summed E-state index contributed by atoms with van der Waals surface area (Å²) >= 11 is 0. The van der Waals surface area contributed by atoms with E-state index in [4.69, 9.17) is 4.74 Å².